The third-order valence-corrected chi connectivity index (χ3v) is 1.82. The highest BCUT2D eigenvalue weighted by atomic mass is 15.1. The smallest absolute Gasteiger partial charge is 0.0522 e. The molecule has 1 heterocycles. The molecule has 1 rings (SSSR count). The zero-order valence-corrected chi connectivity index (χ0v) is 6.93. The van der Waals surface area contributed by atoms with Gasteiger partial charge in [-0.25, -0.2) is 0 Å². The Morgan fingerprint density at radius 1 is 1.64 bits per heavy atom. The second-order valence-corrected chi connectivity index (χ2v) is 2.62. The van der Waals surface area contributed by atoms with Gasteiger partial charge < -0.3 is 5.73 Å². The summed E-state index contributed by atoms with van der Waals surface area (Å²) in [4.78, 5) is 0. The van der Waals surface area contributed by atoms with E-state index in [0.717, 1.165) is 25.8 Å². The van der Waals surface area contributed by atoms with Gasteiger partial charge in [0.2, 0.25) is 0 Å². The highest BCUT2D eigenvalue weighted by molar-refractivity contribution is 5.15. The molecule has 3 heteroatoms. The summed E-state index contributed by atoms with van der Waals surface area (Å²) in [5, 5.41) is 6.97. The van der Waals surface area contributed by atoms with Crippen LogP contribution in [0.2, 0.25) is 0 Å². The normalized spacial score (nSPS) is 10.4. The third kappa shape index (κ3) is 2.05. The van der Waals surface area contributed by atoms with Crippen molar-refractivity contribution in [3.05, 3.63) is 17.5 Å². The molecule has 0 fully saturated rings. The van der Waals surface area contributed by atoms with Crippen molar-refractivity contribution in [2.75, 3.05) is 6.54 Å². The number of aryl methyl sites for hydroxylation is 2. The van der Waals surface area contributed by atoms with Crippen LogP contribution in [0.5, 0.6) is 0 Å². The molecule has 0 unspecified atom stereocenters. The Balaban J connectivity index is 2.54. The molecule has 0 saturated heterocycles. The van der Waals surface area contributed by atoms with Crippen molar-refractivity contribution in [1.29, 1.82) is 0 Å². The summed E-state index contributed by atoms with van der Waals surface area (Å²) in [5.74, 6) is 0. The standard InChI is InChI=1S/C8H15N3/c1-2-7-6-10-11-8(7)4-3-5-9/h6H,2-5,9H2,1H3,(H,10,11). The topological polar surface area (TPSA) is 54.7 Å². The fourth-order valence-electron chi connectivity index (χ4n) is 1.14. The minimum absolute atomic E-state index is 0.752. The zero-order chi connectivity index (χ0) is 8.10. The van der Waals surface area contributed by atoms with E-state index in [2.05, 4.69) is 17.1 Å². The van der Waals surface area contributed by atoms with E-state index in [1.165, 1.54) is 11.3 Å². The lowest BCUT2D eigenvalue weighted by atomic mass is 10.1. The number of nitrogens with zero attached hydrogens (tertiary/aromatic N) is 1. The van der Waals surface area contributed by atoms with Crippen LogP contribution in [0.25, 0.3) is 0 Å². The Morgan fingerprint density at radius 2 is 2.45 bits per heavy atom. The summed E-state index contributed by atoms with van der Waals surface area (Å²) in [6.07, 6.45) is 5.01. The molecule has 3 nitrogen and oxygen atoms in total. The van der Waals surface area contributed by atoms with E-state index in [4.69, 9.17) is 5.73 Å². The van der Waals surface area contributed by atoms with Crippen LogP contribution in [0.3, 0.4) is 0 Å². The van der Waals surface area contributed by atoms with Crippen LogP contribution in [0, 0.1) is 0 Å². The predicted octanol–water partition coefficient (Wildman–Crippen LogP) is 0.863. The summed E-state index contributed by atoms with van der Waals surface area (Å²) >= 11 is 0. The van der Waals surface area contributed by atoms with Crippen LogP contribution in [0.15, 0.2) is 6.20 Å². The van der Waals surface area contributed by atoms with Gasteiger partial charge in [0.05, 0.1) is 6.20 Å². The summed E-state index contributed by atoms with van der Waals surface area (Å²) < 4.78 is 0. The van der Waals surface area contributed by atoms with Gasteiger partial charge in [-0.2, -0.15) is 5.10 Å². The maximum Gasteiger partial charge on any atom is 0.0522 e. The molecular weight excluding hydrogens is 138 g/mol. The molecule has 0 radical (unpaired) electrons. The van der Waals surface area contributed by atoms with Crippen LogP contribution < -0.4 is 5.73 Å². The molecule has 0 aliphatic heterocycles. The third-order valence-electron chi connectivity index (χ3n) is 1.82. The van der Waals surface area contributed by atoms with E-state index < -0.39 is 0 Å². The first kappa shape index (κ1) is 8.27. The number of H-pyrrole nitrogens is 1. The average molecular weight is 153 g/mol. The second kappa shape index (κ2) is 4.13. The predicted molar refractivity (Wildman–Crippen MR) is 45.3 cm³/mol. The Labute approximate surface area is 67.0 Å². The van der Waals surface area contributed by atoms with Gasteiger partial charge in [0.15, 0.2) is 0 Å². The first-order valence-electron chi connectivity index (χ1n) is 4.09. The number of nitrogens with two attached hydrogens (primary N) is 1. The second-order valence-electron chi connectivity index (χ2n) is 2.62. The van der Waals surface area contributed by atoms with Crippen LogP contribution in [0.4, 0.5) is 0 Å². The maximum absolute atomic E-state index is 5.40. The zero-order valence-electron chi connectivity index (χ0n) is 6.93. The number of aromatic amines is 1. The van der Waals surface area contributed by atoms with Gasteiger partial charge in [-0.15, -0.1) is 0 Å². The fourth-order valence-corrected chi connectivity index (χ4v) is 1.14. The minimum Gasteiger partial charge on any atom is -0.330 e. The molecule has 0 spiro atoms. The Kier molecular flexibility index (Phi) is 3.11. The average Bonchev–Trinajstić information content (AvgIpc) is 2.47. The summed E-state index contributed by atoms with van der Waals surface area (Å²) in [5.41, 5.74) is 7.97. The van der Waals surface area contributed by atoms with E-state index >= 15 is 0 Å². The van der Waals surface area contributed by atoms with Crippen molar-refractivity contribution in [2.45, 2.75) is 26.2 Å². The first-order valence-corrected chi connectivity index (χ1v) is 4.09. The molecule has 0 aliphatic carbocycles. The van der Waals surface area contributed by atoms with Crippen LogP contribution in [-0.2, 0) is 12.8 Å². The van der Waals surface area contributed by atoms with Gasteiger partial charge in [0.1, 0.15) is 0 Å². The molecule has 1 aromatic rings. The number of nitrogens with one attached hydrogen (secondary N) is 1. The van der Waals surface area contributed by atoms with Gasteiger partial charge in [0, 0.05) is 5.69 Å². The quantitative estimate of drug-likeness (QED) is 0.674. The van der Waals surface area contributed by atoms with Gasteiger partial charge in [-0.1, -0.05) is 6.92 Å². The summed E-state index contributed by atoms with van der Waals surface area (Å²) in [7, 11) is 0. The number of aromatic nitrogens is 2. The lowest BCUT2D eigenvalue weighted by molar-refractivity contribution is 0.795. The Morgan fingerprint density at radius 3 is 3.09 bits per heavy atom. The van der Waals surface area contributed by atoms with Gasteiger partial charge in [0.25, 0.3) is 0 Å². The van der Waals surface area contributed by atoms with Crippen LogP contribution in [0.1, 0.15) is 24.6 Å². The Bertz CT molecular complexity index is 205. The van der Waals surface area contributed by atoms with E-state index in [9.17, 15) is 0 Å². The molecule has 0 bridgehead atoms. The highest BCUT2D eigenvalue weighted by Gasteiger charge is 2.00. The van der Waals surface area contributed by atoms with Crippen molar-refractivity contribution in [1.82, 2.24) is 10.2 Å². The van der Waals surface area contributed by atoms with E-state index in [1.54, 1.807) is 0 Å². The molecule has 1 aromatic heterocycles. The number of hydrogen-bond donors (Lipinski definition) is 2. The van der Waals surface area contributed by atoms with Crippen molar-refractivity contribution in [2.24, 2.45) is 5.73 Å². The number of hydrogen-bond acceptors (Lipinski definition) is 2. The van der Waals surface area contributed by atoms with Gasteiger partial charge in [-0.3, -0.25) is 5.10 Å². The van der Waals surface area contributed by atoms with Crippen LogP contribution in [-0.4, -0.2) is 16.7 Å². The minimum atomic E-state index is 0.752. The molecule has 0 saturated carbocycles. The first-order chi connectivity index (χ1) is 5.38. The van der Waals surface area contributed by atoms with Gasteiger partial charge >= 0.3 is 0 Å². The fraction of sp³-hybridized carbons (Fsp3) is 0.625. The molecule has 11 heavy (non-hydrogen) atoms. The SMILES string of the molecule is CCc1cn[nH]c1CCCN. The maximum atomic E-state index is 5.40. The van der Waals surface area contributed by atoms with E-state index in [1.807, 2.05) is 6.20 Å². The Hall–Kier alpha value is -0.830. The summed E-state index contributed by atoms with van der Waals surface area (Å²) in [6.45, 7) is 2.89. The molecule has 0 atom stereocenters. The van der Waals surface area contributed by atoms with Crippen molar-refractivity contribution in [3.8, 4) is 0 Å². The molecule has 62 valence electrons. The summed E-state index contributed by atoms with van der Waals surface area (Å²) in [6, 6.07) is 0. The molecule has 0 aliphatic rings. The molecule has 0 aromatic carbocycles. The monoisotopic (exact) mass is 153 g/mol. The molecular formula is C8H15N3. The van der Waals surface area contributed by atoms with Crippen molar-refractivity contribution in [3.63, 3.8) is 0 Å². The lowest BCUT2D eigenvalue weighted by Crippen LogP contribution is -2.01. The highest BCUT2D eigenvalue weighted by Crippen LogP contribution is 2.06. The largest absolute Gasteiger partial charge is 0.330 e. The van der Waals surface area contributed by atoms with E-state index in [-0.39, 0.29) is 0 Å². The number of rotatable bonds is 4. The van der Waals surface area contributed by atoms with E-state index in [0.29, 0.717) is 0 Å². The lowest BCUT2D eigenvalue weighted by Gasteiger charge is -1.97. The molecule has 0 amide bonds. The van der Waals surface area contributed by atoms with Crippen molar-refractivity contribution < 1.29 is 0 Å². The van der Waals surface area contributed by atoms with Crippen molar-refractivity contribution >= 4 is 0 Å². The van der Waals surface area contributed by atoms with Gasteiger partial charge in [-0.05, 0) is 31.4 Å². The molecule has 3 N–H and O–H groups in total. The van der Waals surface area contributed by atoms with Crippen LogP contribution >= 0.6 is 0 Å².